The minimum atomic E-state index is 0.107. The first-order valence-electron chi connectivity index (χ1n) is 15.9. The first-order valence-corrected chi connectivity index (χ1v) is 16.7. The third-order valence-corrected chi connectivity index (χ3v) is 11.4. The van der Waals surface area contributed by atoms with Crippen LogP contribution in [0.1, 0.15) is 0 Å². The van der Waals surface area contributed by atoms with Crippen molar-refractivity contribution in [3.05, 3.63) is 152 Å². The van der Waals surface area contributed by atoms with E-state index >= 15 is 0 Å². The van der Waals surface area contributed by atoms with E-state index in [1.165, 1.54) is 92.2 Å². The number of benzene rings is 7. The average molecular weight is 601 g/mol. The molecule has 0 N–H and O–H groups in total. The summed E-state index contributed by atoms with van der Waals surface area (Å²) in [5.74, 6) is 0. The fourth-order valence-electron chi connectivity index (χ4n) is 8.32. The van der Waals surface area contributed by atoms with Gasteiger partial charge in [0.1, 0.15) is 0 Å². The Morgan fingerprint density at radius 3 is 2.02 bits per heavy atom. The molecule has 46 heavy (non-hydrogen) atoms. The summed E-state index contributed by atoms with van der Waals surface area (Å²) in [5.41, 5.74) is 14.3. The quantitative estimate of drug-likeness (QED) is 0.170. The molecule has 2 aliphatic heterocycles. The van der Waals surface area contributed by atoms with E-state index in [-0.39, 0.29) is 6.85 Å². The van der Waals surface area contributed by atoms with Crippen molar-refractivity contribution in [2.45, 2.75) is 0 Å². The number of fused-ring (bicyclic) bond motifs is 18. The van der Waals surface area contributed by atoms with Crippen LogP contribution in [0.5, 0.6) is 0 Å². The fraction of sp³-hybridized carbons (Fsp3) is 0. The average Bonchev–Trinajstić information content (AvgIpc) is 3.65. The van der Waals surface area contributed by atoms with Crippen molar-refractivity contribution in [3.63, 3.8) is 0 Å². The summed E-state index contributed by atoms with van der Waals surface area (Å²) in [6, 6.07) is 56.2. The Morgan fingerprint density at radius 1 is 0.457 bits per heavy atom. The van der Waals surface area contributed by atoms with Gasteiger partial charge in [0.2, 0.25) is 0 Å². The molecule has 4 heterocycles. The first kappa shape index (κ1) is 24.7. The van der Waals surface area contributed by atoms with E-state index in [9.17, 15) is 0 Å². The Morgan fingerprint density at radius 2 is 1.15 bits per heavy atom. The van der Waals surface area contributed by atoms with Gasteiger partial charge in [-0.2, -0.15) is 0 Å². The van der Waals surface area contributed by atoms with Crippen molar-refractivity contribution in [1.82, 2.24) is 4.57 Å². The smallest absolute Gasteiger partial charge is 0.329 e. The molecule has 0 atom stereocenters. The Balaban J connectivity index is 1.24. The van der Waals surface area contributed by atoms with Crippen LogP contribution in [-0.4, -0.2) is 11.4 Å². The van der Waals surface area contributed by atoms with Crippen molar-refractivity contribution in [3.8, 4) is 27.9 Å². The van der Waals surface area contributed by atoms with Crippen molar-refractivity contribution in [2.24, 2.45) is 0 Å². The molecule has 0 aliphatic carbocycles. The molecular formula is C42H25BN2S. The second-order valence-electron chi connectivity index (χ2n) is 12.5. The molecule has 0 unspecified atom stereocenters. The van der Waals surface area contributed by atoms with E-state index in [0.717, 1.165) is 0 Å². The Bertz CT molecular complexity index is 2720. The Labute approximate surface area is 270 Å². The zero-order valence-corrected chi connectivity index (χ0v) is 25.6. The first-order chi connectivity index (χ1) is 22.8. The summed E-state index contributed by atoms with van der Waals surface area (Å²) in [6.45, 7) is 0.107. The molecule has 2 nitrogen and oxygen atoms in total. The molecule has 0 amide bonds. The van der Waals surface area contributed by atoms with Crippen LogP contribution in [0.2, 0.25) is 0 Å². The minimum Gasteiger partial charge on any atom is -0.376 e. The predicted octanol–water partition coefficient (Wildman–Crippen LogP) is 10.1. The van der Waals surface area contributed by atoms with Crippen molar-refractivity contribution in [1.29, 1.82) is 0 Å². The van der Waals surface area contributed by atoms with E-state index in [2.05, 4.69) is 161 Å². The van der Waals surface area contributed by atoms with Crippen LogP contribution >= 0.6 is 11.3 Å². The van der Waals surface area contributed by atoms with Gasteiger partial charge in [0.15, 0.2) is 0 Å². The highest BCUT2D eigenvalue weighted by atomic mass is 32.1. The lowest BCUT2D eigenvalue weighted by Gasteiger charge is -2.43. The number of rotatable bonds is 1. The molecule has 0 saturated heterocycles. The van der Waals surface area contributed by atoms with Gasteiger partial charge < -0.3 is 9.38 Å². The molecule has 0 radical (unpaired) electrons. The fourth-order valence-corrected chi connectivity index (χ4v) is 9.61. The normalized spacial score (nSPS) is 13.1. The number of aromatic nitrogens is 1. The molecule has 0 bridgehead atoms. The van der Waals surface area contributed by atoms with Gasteiger partial charge >= 0.3 is 6.85 Å². The van der Waals surface area contributed by atoms with Gasteiger partial charge in [-0.1, -0.05) is 109 Å². The minimum absolute atomic E-state index is 0.107. The lowest BCUT2D eigenvalue weighted by molar-refractivity contribution is 1.18. The van der Waals surface area contributed by atoms with Crippen LogP contribution in [-0.2, 0) is 0 Å². The lowest BCUT2D eigenvalue weighted by Crippen LogP contribution is -2.59. The molecular weight excluding hydrogens is 575 g/mol. The maximum atomic E-state index is 2.58. The Hall–Kier alpha value is -5.58. The molecule has 11 rings (SSSR count). The largest absolute Gasteiger partial charge is 0.376 e. The predicted molar refractivity (Wildman–Crippen MR) is 198 cm³/mol. The molecule has 0 saturated carbocycles. The van der Waals surface area contributed by atoms with Gasteiger partial charge in [0.25, 0.3) is 0 Å². The highest BCUT2D eigenvalue weighted by Crippen LogP contribution is 2.50. The van der Waals surface area contributed by atoms with E-state index in [1.807, 2.05) is 11.3 Å². The summed E-state index contributed by atoms with van der Waals surface area (Å²) in [5, 5.41) is 5.26. The summed E-state index contributed by atoms with van der Waals surface area (Å²) in [6.07, 6.45) is 0. The third-order valence-electron chi connectivity index (χ3n) is 10.2. The second-order valence-corrected chi connectivity index (χ2v) is 13.5. The number of thiophene rings is 1. The van der Waals surface area contributed by atoms with Crippen LogP contribution < -0.4 is 15.7 Å². The molecule has 7 aromatic carbocycles. The van der Waals surface area contributed by atoms with E-state index in [0.29, 0.717) is 0 Å². The summed E-state index contributed by atoms with van der Waals surface area (Å²) in [4.78, 5) is 2.58. The SMILES string of the molecule is c1ccc(-n2c3ccccc3c3cc4c(cc32)sc2c3c(ccc24)B2c4ccccc4-c4ccccc4N2c2ccccc2-3)cc1. The maximum absolute atomic E-state index is 2.58. The molecule has 2 aromatic heterocycles. The number of nitrogens with zero attached hydrogens (tertiary/aromatic N) is 2. The molecule has 2 aliphatic rings. The van der Waals surface area contributed by atoms with Crippen LogP contribution in [0.25, 0.3) is 69.9 Å². The number of para-hydroxylation sites is 4. The highest BCUT2D eigenvalue weighted by molar-refractivity contribution is 7.26. The zero-order chi connectivity index (χ0) is 29.9. The van der Waals surface area contributed by atoms with Crippen molar-refractivity contribution < 1.29 is 0 Å². The van der Waals surface area contributed by atoms with Gasteiger partial charge in [-0.3, -0.25) is 0 Å². The van der Waals surface area contributed by atoms with E-state index < -0.39 is 0 Å². The molecule has 0 fully saturated rings. The lowest BCUT2D eigenvalue weighted by atomic mass is 9.43. The highest BCUT2D eigenvalue weighted by Gasteiger charge is 2.42. The standard InChI is InChI=1S/C42H25BN2S/c1-2-12-26(13-3-1)44-36-19-9-5-16-29(36)32-24-33-30-22-23-35-41(42(30)46-40(33)25-39(32)44)31-17-7-11-21-38(31)45-37-20-10-6-15-28(37)27-14-4-8-18-34(27)43(35)45/h1-25H. The number of hydrogen-bond donors (Lipinski definition) is 0. The monoisotopic (exact) mass is 600 g/mol. The van der Waals surface area contributed by atoms with Gasteiger partial charge in [-0.25, -0.2) is 0 Å². The second kappa shape index (κ2) is 9.00. The third kappa shape index (κ3) is 3.12. The van der Waals surface area contributed by atoms with E-state index in [4.69, 9.17) is 0 Å². The van der Waals surface area contributed by atoms with Crippen LogP contribution in [0.3, 0.4) is 0 Å². The van der Waals surface area contributed by atoms with Gasteiger partial charge in [0, 0.05) is 59.1 Å². The molecule has 4 heteroatoms. The summed E-state index contributed by atoms with van der Waals surface area (Å²) < 4.78 is 5.12. The number of anilines is 2. The van der Waals surface area contributed by atoms with Crippen LogP contribution in [0, 0.1) is 0 Å². The van der Waals surface area contributed by atoms with Gasteiger partial charge in [-0.05, 0) is 64.5 Å². The summed E-state index contributed by atoms with van der Waals surface area (Å²) in [7, 11) is 0. The van der Waals surface area contributed by atoms with Crippen molar-refractivity contribution in [2.75, 3.05) is 4.81 Å². The Kier molecular flexibility index (Phi) is 4.83. The summed E-state index contributed by atoms with van der Waals surface area (Å²) >= 11 is 1.94. The molecule has 0 spiro atoms. The number of hydrogen-bond acceptors (Lipinski definition) is 2. The van der Waals surface area contributed by atoms with Crippen LogP contribution in [0.15, 0.2) is 152 Å². The maximum Gasteiger partial charge on any atom is 0.329 e. The molecule has 9 aromatic rings. The molecule has 212 valence electrons. The van der Waals surface area contributed by atoms with Crippen molar-refractivity contribution >= 4 is 82.5 Å². The van der Waals surface area contributed by atoms with Gasteiger partial charge in [-0.15, -0.1) is 11.3 Å². The van der Waals surface area contributed by atoms with E-state index in [1.54, 1.807) is 0 Å². The van der Waals surface area contributed by atoms with Gasteiger partial charge in [0.05, 0.1) is 11.0 Å². The zero-order valence-electron chi connectivity index (χ0n) is 24.8. The van der Waals surface area contributed by atoms with Crippen LogP contribution in [0.4, 0.5) is 11.4 Å². The topological polar surface area (TPSA) is 8.17 Å².